The second-order valence-corrected chi connectivity index (χ2v) is 8.77. The van der Waals surface area contributed by atoms with Crippen molar-refractivity contribution in [2.24, 2.45) is 5.92 Å². The van der Waals surface area contributed by atoms with E-state index in [4.69, 9.17) is 0 Å². The number of halogens is 2. The summed E-state index contributed by atoms with van der Waals surface area (Å²) in [6.45, 7) is 0.977. The van der Waals surface area contributed by atoms with E-state index in [1.807, 2.05) is 0 Å². The van der Waals surface area contributed by atoms with Gasteiger partial charge in [-0.3, -0.25) is 14.4 Å². The van der Waals surface area contributed by atoms with Crippen LogP contribution in [0.15, 0.2) is 48.5 Å². The van der Waals surface area contributed by atoms with Crippen LogP contribution < -0.4 is 10.6 Å². The van der Waals surface area contributed by atoms with Crippen LogP contribution in [-0.4, -0.2) is 45.9 Å². The topological polar surface area (TPSA) is 104 Å². The molecule has 2 aromatic carbocycles. The van der Waals surface area contributed by atoms with E-state index < -0.39 is 11.7 Å². The van der Waals surface area contributed by atoms with Crippen molar-refractivity contribution in [2.75, 3.05) is 18.4 Å². The number of carbonyl (C=O) groups is 3. The third kappa shape index (κ3) is 5.79. The normalized spacial score (nSPS) is 14.0. The Balaban J connectivity index is 1.27. The third-order valence-corrected chi connectivity index (χ3v) is 6.32. The van der Waals surface area contributed by atoms with E-state index in [1.165, 1.54) is 36.4 Å². The van der Waals surface area contributed by atoms with E-state index in [1.54, 1.807) is 17.0 Å². The Morgan fingerprint density at radius 2 is 1.68 bits per heavy atom. The fraction of sp³-hybridized carbons (Fsp3) is 0.261. The molecule has 1 aliphatic heterocycles. The molecule has 2 heterocycles. The Kier molecular flexibility index (Phi) is 7.21. The molecule has 3 amide bonds. The summed E-state index contributed by atoms with van der Waals surface area (Å²) >= 11 is 0.870. The molecule has 11 heteroatoms. The van der Waals surface area contributed by atoms with Gasteiger partial charge in [0, 0.05) is 31.2 Å². The Morgan fingerprint density at radius 3 is 2.38 bits per heavy atom. The average molecular weight is 486 g/mol. The first-order chi connectivity index (χ1) is 16.4. The summed E-state index contributed by atoms with van der Waals surface area (Å²) in [5, 5.41) is 13.1. The van der Waals surface area contributed by atoms with E-state index in [9.17, 15) is 23.2 Å². The smallest absolute Gasteiger partial charge is 0.286 e. The molecule has 0 saturated carbocycles. The number of aromatic nitrogens is 2. The highest BCUT2D eigenvalue weighted by Gasteiger charge is 2.29. The zero-order valence-corrected chi connectivity index (χ0v) is 18.8. The molecule has 0 spiro atoms. The van der Waals surface area contributed by atoms with Gasteiger partial charge < -0.3 is 15.5 Å². The Hall–Kier alpha value is -3.73. The van der Waals surface area contributed by atoms with Gasteiger partial charge in [-0.2, -0.15) is 0 Å². The van der Waals surface area contributed by atoms with Gasteiger partial charge in [-0.05, 0) is 54.8 Å². The molecule has 0 unspecified atom stereocenters. The quantitative estimate of drug-likeness (QED) is 0.558. The van der Waals surface area contributed by atoms with Crippen molar-refractivity contribution >= 4 is 34.7 Å². The third-order valence-electron chi connectivity index (χ3n) is 5.41. The van der Waals surface area contributed by atoms with Crippen LogP contribution in [-0.2, 0) is 11.3 Å². The van der Waals surface area contributed by atoms with Gasteiger partial charge in [0.2, 0.25) is 15.9 Å². The van der Waals surface area contributed by atoms with Crippen molar-refractivity contribution in [1.82, 2.24) is 20.4 Å². The van der Waals surface area contributed by atoms with E-state index in [0.717, 1.165) is 11.3 Å². The Morgan fingerprint density at radius 1 is 0.971 bits per heavy atom. The molecule has 8 nitrogen and oxygen atoms in total. The molecule has 3 aromatic rings. The molecular formula is C23H21F2N5O3S. The Labute approximate surface area is 198 Å². The van der Waals surface area contributed by atoms with Gasteiger partial charge in [-0.1, -0.05) is 23.5 Å². The summed E-state index contributed by atoms with van der Waals surface area (Å²) in [5.41, 5.74) is 1.07. The lowest BCUT2D eigenvalue weighted by atomic mass is 9.95. The average Bonchev–Trinajstić information content (AvgIpc) is 3.34. The fourth-order valence-corrected chi connectivity index (χ4v) is 4.29. The molecule has 0 atom stereocenters. The van der Waals surface area contributed by atoms with Crippen molar-refractivity contribution in [3.63, 3.8) is 0 Å². The highest BCUT2D eigenvalue weighted by molar-refractivity contribution is 7.15. The van der Waals surface area contributed by atoms with Crippen molar-refractivity contribution in [3.05, 3.63) is 75.7 Å². The second-order valence-electron chi connectivity index (χ2n) is 7.79. The number of likely N-dealkylation sites (tertiary alicyclic amines) is 1. The lowest BCUT2D eigenvalue weighted by Crippen LogP contribution is -2.42. The van der Waals surface area contributed by atoms with Crippen LogP contribution in [0.4, 0.5) is 14.5 Å². The zero-order chi connectivity index (χ0) is 24.1. The van der Waals surface area contributed by atoms with Gasteiger partial charge in [-0.25, -0.2) is 8.78 Å². The van der Waals surface area contributed by atoms with Gasteiger partial charge >= 0.3 is 0 Å². The van der Waals surface area contributed by atoms with Crippen LogP contribution in [0.25, 0.3) is 0 Å². The van der Waals surface area contributed by atoms with Gasteiger partial charge in [0.05, 0.1) is 0 Å². The number of benzene rings is 2. The molecule has 2 N–H and O–H groups in total. The molecule has 1 saturated heterocycles. The summed E-state index contributed by atoms with van der Waals surface area (Å²) in [6, 6.07) is 11.3. The van der Waals surface area contributed by atoms with E-state index in [0.29, 0.717) is 37.2 Å². The number of hydrogen-bond acceptors (Lipinski definition) is 6. The molecule has 1 aromatic heterocycles. The maximum atomic E-state index is 13.3. The number of nitrogens with one attached hydrogen (secondary N) is 2. The molecule has 0 bridgehead atoms. The summed E-state index contributed by atoms with van der Waals surface area (Å²) in [4.78, 5) is 39.1. The number of carbonyl (C=O) groups excluding carboxylic acids is 3. The molecular weight excluding hydrogens is 464 g/mol. The van der Waals surface area contributed by atoms with E-state index >= 15 is 0 Å². The van der Waals surface area contributed by atoms with E-state index in [-0.39, 0.29) is 40.1 Å². The van der Waals surface area contributed by atoms with Crippen LogP contribution in [0.1, 0.15) is 38.0 Å². The second kappa shape index (κ2) is 10.5. The first-order valence-corrected chi connectivity index (χ1v) is 11.4. The summed E-state index contributed by atoms with van der Waals surface area (Å²) in [5.74, 6) is -2.05. The maximum absolute atomic E-state index is 13.3. The number of amides is 3. The largest absolute Gasteiger partial charge is 0.352 e. The number of nitrogens with zero attached hydrogens (tertiary/aromatic N) is 3. The van der Waals surface area contributed by atoms with Gasteiger partial charge in [0.25, 0.3) is 11.8 Å². The van der Waals surface area contributed by atoms with Crippen LogP contribution in [0.3, 0.4) is 0 Å². The number of rotatable bonds is 6. The van der Waals surface area contributed by atoms with Gasteiger partial charge in [-0.15, -0.1) is 10.2 Å². The minimum atomic E-state index is -0.545. The SMILES string of the molecule is O=C(Nc1ccc(F)cc1)c1nnc(C(=O)N2CCC(C(=O)NCc3cccc(F)c3)CC2)s1. The molecule has 0 aliphatic carbocycles. The van der Waals surface area contributed by atoms with Crippen LogP contribution in [0.5, 0.6) is 0 Å². The fourth-order valence-electron chi connectivity index (χ4n) is 3.58. The highest BCUT2D eigenvalue weighted by atomic mass is 32.1. The number of hydrogen-bond donors (Lipinski definition) is 2. The first kappa shape index (κ1) is 23.4. The van der Waals surface area contributed by atoms with Crippen molar-refractivity contribution in [1.29, 1.82) is 0 Å². The van der Waals surface area contributed by atoms with Crippen molar-refractivity contribution in [3.8, 4) is 0 Å². The molecule has 4 rings (SSSR count). The first-order valence-electron chi connectivity index (χ1n) is 10.6. The van der Waals surface area contributed by atoms with Crippen LogP contribution >= 0.6 is 11.3 Å². The van der Waals surface area contributed by atoms with Crippen LogP contribution in [0, 0.1) is 17.6 Å². The van der Waals surface area contributed by atoms with Gasteiger partial charge in [0.1, 0.15) is 11.6 Å². The molecule has 34 heavy (non-hydrogen) atoms. The van der Waals surface area contributed by atoms with E-state index in [2.05, 4.69) is 20.8 Å². The zero-order valence-electron chi connectivity index (χ0n) is 18.0. The molecule has 1 fully saturated rings. The predicted molar refractivity (Wildman–Crippen MR) is 121 cm³/mol. The summed E-state index contributed by atoms with van der Waals surface area (Å²) < 4.78 is 26.3. The van der Waals surface area contributed by atoms with Crippen molar-refractivity contribution in [2.45, 2.75) is 19.4 Å². The highest BCUT2D eigenvalue weighted by Crippen LogP contribution is 2.21. The maximum Gasteiger partial charge on any atom is 0.286 e. The molecule has 1 aliphatic rings. The lowest BCUT2D eigenvalue weighted by Gasteiger charge is -2.30. The number of piperidine rings is 1. The summed E-state index contributed by atoms with van der Waals surface area (Å²) in [7, 11) is 0. The minimum absolute atomic E-state index is 0.0132. The Bertz CT molecular complexity index is 1190. The van der Waals surface area contributed by atoms with Crippen LogP contribution in [0.2, 0.25) is 0 Å². The van der Waals surface area contributed by atoms with Crippen molar-refractivity contribution < 1.29 is 23.2 Å². The number of anilines is 1. The van der Waals surface area contributed by atoms with Gasteiger partial charge in [0.15, 0.2) is 0 Å². The molecule has 0 radical (unpaired) electrons. The standard InChI is InChI=1S/C23H21F2N5O3S/c24-16-4-6-18(7-5-16)27-20(32)21-28-29-22(34-21)23(33)30-10-8-15(9-11-30)19(31)26-13-14-2-1-3-17(25)12-14/h1-7,12,15H,8-11,13H2,(H,26,31)(H,27,32). The predicted octanol–water partition coefficient (Wildman–Crippen LogP) is 3.24. The molecule has 176 valence electrons. The minimum Gasteiger partial charge on any atom is -0.352 e. The monoisotopic (exact) mass is 485 g/mol. The lowest BCUT2D eigenvalue weighted by molar-refractivity contribution is -0.126. The summed E-state index contributed by atoms with van der Waals surface area (Å²) in [6.07, 6.45) is 0.967.